The van der Waals surface area contributed by atoms with E-state index in [9.17, 15) is 13.2 Å². The van der Waals surface area contributed by atoms with Gasteiger partial charge in [-0.15, -0.1) is 0 Å². The summed E-state index contributed by atoms with van der Waals surface area (Å²) in [7, 11) is -2.26. The Morgan fingerprint density at radius 2 is 1.62 bits per heavy atom. The maximum Gasteiger partial charge on any atom is 0.267 e. The lowest BCUT2D eigenvalue weighted by Gasteiger charge is -2.12. The lowest BCUT2D eigenvalue weighted by Crippen LogP contribution is -2.17. The van der Waals surface area contributed by atoms with E-state index in [1.54, 1.807) is 49.5 Å². The number of aromatic nitrogens is 1. The van der Waals surface area contributed by atoms with Gasteiger partial charge in [-0.3, -0.25) is 9.52 Å². The van der Waals surface area contributed by atoms with Crippen LogP contribution < -0.4 is 10.0 Å². The van der Waals surface area contributed by atoms with Crippen molar-refractivity contribution in [3.05, 3.63) is 84.6 Å². The van der Waals surface area contributed by atoms with Gasteiger partial charge in [-0.2, -0.15) is 0 Å². The summed E-state index contributed by atoms with van der Waals surface area (Å²) in [5.74, 6) is -0.236. The van der Waals surface area contributed by atoms with Crippen molar-refractivity contribution >= 4 is 32.5 Å². The molecule has 0 aliphatic carbocycles. The number of carbonyl (C=O) groups excluding carboxylic acids is 1. The molecule has 0 unspecified atom stereocenters. The highest BCUT2D eigenvalue weighted by Gasteiger charge is 2.19. The van der Waals surface area contributed by atoms with Crippen molar-refractivity contribution in [1.82, 2.24) is 10.3 Å². The quantitative estimate of drug-likeness (QED) is 0.469. The van der Waals surface area contributed by atoms with E-state index in [-0.39, 0.29) is 10.8 Å². The van der Waals surface area contributed by atoms with E-state index < -0.39 is 10.0 Å². The van der Waals surface area contributed by atoms with Crippen molar-refractivity contribution in [1.29, 1.82) is 0 Å². The van der Waals surface area contributed by atoms with E-state index >= 15 is 0 Å². The minimum absolute atomic E-state index is 0.200. The summed E-state index contributed by atoms with van der Waals surface area (Å²) in [5.41, 5.74) is 3.03. The molecule has 7 heteroatoms. The van der Waals surface area contributed by atoms with Crippen molar-refractivity contribution in [2.75, 3.05) is 11.8 Å². The summed E-state index contributed by atoms with van der Waals surface area (Å²) >= 11 is 0. The average Bonchev–Trinajstić information content (AvgIpc) is 3.17. The zero-order valence-electron chi connectivity index (χ0n) is 15.6. The van der Waals surface area contributed by atoms with Gasteiger partial charge in [-0.05, 0) is 35.9 Å². The molecule has 146 valence electrons. The first-order valence-electron chi connectivity index (χ1n) is 9.00. The van der Waals surface area contributed by atoms with Crippen molar-refractivity contribution < 1.29 is 13.2 Å². The number of amides is 1. The third kappa shape index (κ3) is 3.72. The van der Waals surface area contributed by atoms with E-state index in [0.717, 1.165) is 16.5 Å². The van der Waals surface area contributed by atoms with Gasteiger partial charge in [0.1, 0.15) is 5.69 Å². The molecular weight excluding hydrogens is 386 g/mol. The van der Waals surface area contributed by atoms with Gasteiger partial charge in [-0.1, -0.05) is 48.5 Å². The Morgan fingerprint density at radius 3 is 2.38 bits per heavy atom. The Morgan fingerprint density at radius 1 is 0.897 bits per heavy atom. The van der Waals surface area contributed by atoms with Gasteiger partial charge in [0.15, 0.2) is 0 Å². The zero-order chi connectivity index (χ0) is 20.4. The van der Waals surface area contributed by atoms with E-state index in [4.69, 9.17) is 0 Å². The Kier molecular flexibility index (Phi) is 4.82. The Bertz CT molecular complexity index is 1300. The van der Waals surface area contributed by atoms with Crippen molar-refractivity contribution in [3.63, 3.8) is 0 Å². The van der Waals surface area contributed by atoms with Gasteiger partial charge >= 0.3 is 0 Å². The number of benzene rings is 3. The maximum absolute atomic E-state index is 13.1. The van der Waals surface area contributed by atoms with Gasteiger partial charge in [0.05, 0.1) is 4.90 Å². The number of H-pyrrole nitrogens is 1. The fourth-order valence-electron chi connectivity index (χ4n) is 3.22. The first kappa shape index (κ1) is 18.8. The number of aromatic amines is 1. The third-order valence-electron chi connectivity index (χ3n) is 4.61. The minimum Gasteiger partial charge on any atom is -0.354 e. The minimum atomic E-state index is -3.81. The summed E-state index contributed by atoms with van der Waals surface area (Å²) < 4.78 is 28.9. The predicted molar refractivity (Wildman–Crippen MR) is 114 cm³/mol. The molecule has 0 atom stereocenters. The van der Waals surface area contributed by atoms with Gasteiger partial charge < -0.3 is 10.3 Å². The summed E-state index contributed by atoms with van der Waals surface area (Å²) in [6.45, 7) is 0. The van der Waals surface area contributed by atoms with E-state index in [2.05, 4.69) is 15.0 Å². The Hall–Kier alpha value is -3.58. The van der Waals surface area contributed by atoms with Crippen LogP contribution in [-0.2, 0) is 10.0 Å². The first-order chi connectivity index (χ1) is 14.0. The monoisotopic (exact) mass is 405 g/mol. The van der Waals surface area contributed by atoms with Gasteiger partial charge in [0.25, 0.3) is 15.9 Å². The standard InChI is InChI=1S/C22H19N3O3S/c1-23-22(26)20-14-16-13-17(11-12-19(16)24-20)25-29(27,28)21-10-6-5-9-18(21)15-7-3-2-4-8-15/h2-14,24-25H,1H3,(H,23,26). The molecule has 29 heavy (non-hydrogen) atoms. The van der Waals surface area contributed by atoms with Crippen molar-refractivity contribution in [2.45, 2.75) is 4.90 Å². The Balaban J connectivity index is 1.70. The van der Waals surface area contributed by atoms with Crippen molar-refractivity contribution in [2.24, 2.45) is 0 Å². The summed E-state index contributed by atoms with van der Waals surface area (Å²) in [5, 5.41) is 3.29. The molecule has 0 bridgehead atoms. The van der Waals surface area contributed by atoms with Crippen LogP contribution in [-0.4, -0.2) is 26.4 Å². The highest BCUT2D eigenvalue weighted by atomic mass is 32.2. The summed E-state index contributed by atoms with van der Waals surface area (Å²) in [6, 6.07) is 23.0. The van der Waals surface area contributed by atoms with E-state index in [1.807, 2.05) is 36.4 Å². The molecule has 0 aliphatic heterocycles. The molecule has 3 aromatic carbocycles. The van der Waals surface area contributed by atoms with Crippen LogP contribution in [0.25, 0.3) is 22.0 Å². The fourth-order valence-corrected chi connectivity index (χ4v) is 4.50. The lowest BCUT2D eigenvalue weighted by atomic mass is 10.1. The fraction of sp³-hybridized carbons (Fsp3) is 0.0455. The van der Waals surface area contributed by atoms with Crippen molar-refractivity contribution in [3.8, 4) is 11.1 Å². The second-order valence-electron chi connectivity index (χ2n) is 6.53. The van der Waals surface area contributed by atoms with E-state index in [1.165, 1.54) is 0 Å². The van der Waals surface area contributed by atoms with Gasteiger partial charge in [-0.25, -0.2) is 8.42 Å². The average molecular weight is 405 g/mol. The van der Waals surface area contributed by atoms with Crippen LogP contribution in [0.2, 0.25) is 0 Å². The van der Waals surface area contributed by atoms with Crippen LogP contribution in [0.3, 0.4) is 0 Å². The normalized spacial score (nSPS) is 11.3. The smallest absolute Gasteiger partial charge is 0.267 e. The van der Waals surface area contributed by atoms with Gasteiger partial charge in [0, 0.05) is 29.2 Å². The molecular formula is C22H19N3O3S. The van der Waals surface area contributed by atoms with Crippen LogP contribution in [0.5, 0.6) is 0 Å². The molecule has 0 saturated carbocycles. The number of carbonyl (C=O) groups is 1. The van der Waals surface area contributed by atoms with E-state index in [0.29, 0.717) is 16.9 Å². The zero-order valence-corrected chi connectivity index (χ0v) is 16.5. The molecule has 6 nitrogen and oxygen atoms in total. The summed E-state index contributed by atoms with van der Waals surface area (Å²) in [6.07, 6.45) is 0. The molecule has 0 radical (unpaired) electrons. The largest absolute Gasteiger partial charge is 0.354 e. The number of rotatable bonds is 5. The second kappa shape index (κ2) is 7.44. The second-order valence-corrected chi connectivity index (χ2v) is 8.18. The van der Waals surface area contributed by atoms with Crippen LogP contribution >= 0.6 is 0 Å². The summed E-state index contributed by atoms with van der Waals surface area (Å²) in [4.78, 5) is 15.0. The first-order valence-corrected chi connectivity index (χ1v) is 10.5. The molecule has 4 rings (SSSR count). The lowest BCUT2D eigenvalue weighted by molar-refractivity contribution is 0.0959. The number of fused-ring (bicyclic) bond motifs is 1. The Labute approximate surface area is 168 Å². The molecule has 3 N–H and O–H groups in total. The molecule has 0 spiro atoms. The molecule has 0 saturated heterocycles. The maximum atomic E-state index is 13.1. The number of hydrogen-bond acceptors (Lipinski definition) is 3. The topological polar surface area (TPSA) is 91.1 Å². The van der Waals surface area contributed by atoms with Crippen LogP contribution in [0.4, 0.5) is 5.69 Å². The SMILES string of the molecule is CNC(=O)c1cc2cc(NS(=O)(=O)c3ccccc3-c3ccccc3)ccc2[nH]1. The van der Waals surface area contributed by atoms with Gasteiger partial charge in [0.2, 0.25) is 0 Å². The number of anilines is 1. The molecule has 1 aromatic heterocycles. The van der Waals surface area contributed by atoms with Crippen LogP contribution in [0.15, 0.2) is 83.8 Å². The van der Waals surface area contributed by atoms with Crippen LogP contribution in [0.1, 0.15) is 10.5 Å². The number of sulfonamides is 1. The predicted octanol–water partition coefficient (Wildman–Crippen LogP) is 4.00. The highest BCUT2D eigenvalue weighted by molar-refractivity contribution is 7.92. The molecule has 0 fully saturated rings. The number of nitrogens with one attached hydrogen (secondary N) is 3. The van der Waals surface area contributed by atoms with Crippen LogP contribution in [0, 0.1) is 0 Å². The number of hydrogen-bond donors (Lipinski definition) is 3. The highest BCUT2D eigenvalue weighted by Crippen LogP contribution is 2.29. The molecule has 1 amide bonds. The third-order valence-corrected chi connectivity index (χ3v) is 6.05. The molecule has 1 heterocycles. The molecule has 4 aromatic rings. The molecule has 0 aliphatic rings.